The van der Waals surface area contributed by atoms with Crippen molar-refractivity contribution >= 4 is 5.78 Å². The molecule has 0 bridgehead atoms. The van der Waals surface area contributed by atoms with E-state index in [1.165, 1.54) is 36.7 Å². The highest BCUT2D eigenvalue weighted by atomic mass is 19.4. The van der Waals surface area contributed by atoms with Crippen LogP contribution in [0.25, 0.3) is 0 Å². The number of ether oxygens (including phenoxy) is 1. The van der Waals surface area contributed by atoms with Crippen LogP contribution in [0.4, 0.5) is 13.2 Å². The second-order valence-corrected chi connectivity index (χ2v) is 7.24. The van der Waals surface area contributed by atoms with Gasteiger partial charge in [0.15, 0.2) is 12.4 Å². The first-order chi connectivity index (χ1) is 13.2. The molecule has 1 heterocycles. The fourth-order valence-corrected chi connectivity index (χ4v) is 3.00. The lowest BCUT2D eigenvalue weighted by Crippen LogP contribution is -2.19. The Balaban J connectivity index is 1.55. The number of aliphatic hydroxyl groups excluding tert-OH is 1. The van der Waals surface area contributed by atoms with E-state index in [1.54, 1.807) is 19.1 Å². The van der Waals surface area contributed by atoms with Crippen molar-refractivity contribution in [3.63, 3.8) is 0 Å². The monoisotopic (exact) mass is 393 g/mol. The molecule has 150 valence electrons. The minimum absolute atomic E-state index is 0.00962. The summed E-state index contributed by atoms with van der Waals surface area (Å²) in [5.74, 6) is 0.00175. The maximum absolute atomic E-state index is 12.4. The zero-order valence-corrected chi connectivity index (χ0v) is 15.4. The molecule has 1 aromatic heterocycles. The van der Waals surface area contributed by atoms with Gasteiger partial charge < -0.3 is 9.84 Å². The van der Waals surface area contributed by atoms with E-state index in [1.807, 2.05) is 12.1 Å². The number of hydrogen-bond donors (Lipinski definition) is 1. The van der Waals surface area contributed by atoms with Gasteiger partial charge in [0.25, 0.3) is 0 Å². The van der Waals surface area contributed by atoms with Gasteiger partial charge in [-0.25, -0.2) is 0 Å². The van der Waals surface area contributed by atoms with Gasteiger partial charge in [-0.3, -0.25) is 9.78 Å². The second-order valence-electron chi connectivity index (χ2n) is 7.24. The first kappa shape index (κ1) is 20.3. The van der Waals surface area contributed by atoms with Crippen LogP contribution >= 0.6 is 0 Å². The number of rotatable bonds is 8. The largest absolute Gasteiger partial charge is 0.483 e. The molecule has 0 radical (unpaired) electrons. The summed E-state index contributed by atoms with van der Waals surface area (Å²) < 4.78 is 41.1. The summed E-state index contributed by atoms with van der Waals surface area (Å²) in [6.07, 6.45) is -1.97. The molecule has 7 heteroatoms. The van der Waals surface area contributed by atoms with Crippen LogP contribution in [0.1, 0.15) is 60.9 Å². The fraction of sp³-hybridized carbons (Fsp3) is 0.429. The van der Waals surface area contributed by atoms with Crippen molar-refractivity contribution in [2.75, 3.05) is 6.61 Å². The molecule has 2 aromatic rings. The van der Waals surface area contributed by atoms with E-state index < -0.39 is 18.9 Å². The maximum Gasteiger partial charge on any atom is 0.422 e. The highest BCUT2D eigenvalue weighted by Crippen LogP contribution is 2.40. The molecular weight excluding hydrogens is 371 g/mol. The zero-order chi connectivity index (χ0) is 20.3. The first-order valence-corrected chi connectivity index (χ1v) is 9.19. The van der Waals surface area contributed by atoms with Gasteiger partial charge in [-0.05, 0) is 42.0 Å². The number of carbonyl (C=O) groups is 1. The van der Waals surface area contributed by atoms with Gasteiger partial charge in [-0.1, -0.05) is 31.2 Å². The molecular formula is C21H22F3NO3. The molecule has 0 amide bonds. The van der Waals surface area contributed by atoms with E-state index >= 15 is 0 Å². The van der Waals surface area contributed by atoms with E-state index in [-0.39, 0.29) is 23.9 Å². The van der Waals surface area contributed by atoms with E-state index in [9.17, 15) is 23.1 Å². The minimum atomic E-state index is -4.41. The molecule has 0 saturated heterocycles. The second kappa shape index (κ2) is 8.31. The van der Waals surface area contributed by atoms with Gasteiger partial charge in [-0.2, -0.15) is 13.2 Å². The Morgan fingerprint density at radius 1 is 1.21 bits per heavy atom. The Labute approximate surface area is 161 Å². The van der Waals surface area contributed by atoms with Gasteiger partial charge >= 0.3 is 6.18 Å². The fourth-order valence-electron chi connectivity index (χ4n) is 3.00. The molecule has 1 aromatic carbocycles. The topological polar surface area (TPSA) is 59.4 Å². The van der Waals surface area contributed by atoms with Crippen LogP contribution in [0.3, 0.4) is 0 Å². The standard InChI is InChI=1S/C21H22F3NO3/c1-13(18-9-8-17(11-25-18)28-12-21(22,23)24)10-19(26)20(27)16-6-4-15(5-7-16)14-2-3-14/h4-9,11,13-14,20,27H,2-3,10,12H2,1H3. The summed E-state index contributed by atoms with van der Waals surface area (Å²) >= 11 is 0. The van der Waals surface area contributed by atoms with Gasteiger partial charge in [0.1, 0.15) is 11.9 Å². The van der Waals surface area contributed by atoms with E-state index in [2.05, 4.69) is 9.72 Å². The van der Waals surface area contributed by atoms with Crippen molar-refractivity contribution < 1.29 is 27.8 Å². The number of alkyl halides is 3. The molecule has 4 nitrogen and oxygen atoms in total. The molecule has 28 heavy (non-hydrogen) atoms. The summed E-state index contributed by atoms with van der Waals surface area (Å²) in [5.41, 5.74) is 2.34. The number of ketones is 1. The van der Waals surface area contributed by atoms with Crippen molar-refractivity contribution in [1.29, 1.82) is 0 Å². The van der Waals surface area contributed by atoms with Crippen LogP contribution in [0.5, 0.6) is 5.75 Å². The van der Waals surface area contributed by atoms with Gasteiger partial charge in [-0.15, -0.1) is 0 Å². The number of carbonyl (C=O) groups excluding carboxylic acids is 1. The average molecular weight is 393 g/mol. The quantitative estimate of drug-likeness (QED) is 0.707. The molecule has 2 unspecified atom stereocenters. The van der Waals surface area contributed by atoms with E-state index in [0.29, 0.717) is 17.2 Å². The summed E-state index contributed by atoms with van der Waals surface area (Å²) in [7, 11) is 0. The normalized spacial score (nSPS) is 16.5. The van der Waals surface area contributed by atoms with Gasteiger partial charge in [0, 0.05) is 18.0 Å². The summed E-state index contributed by atoms with van der Waals surface area (Å²) in [4.78, 5) is 16.5. The maximum atomic E-state index is 12.4. The minimum Gasteiger partial charge on any atom is -0.483 e. The third kappa shape index (κ3) is 5.55. The molecule has 1 aliphatic carbocycles. The number of benzene rings is 1. The van der Waals surface area contributed by atoms with Crippen molar-refractivity contribution in [2.24, 2.45) is 0 Å². The molecule has 1 saturated carbocycles. The van der Waals surface area contributed by atoms with Crippen molar-refractivity contribution in [2.45, 2.75) is 50.3 Å². The molecule has 0 aliphatic heterocycles. The number of aromatic nitrogens is 1. The number of hydrogen-bond acceptors (Lipinski definition) is 4. The number of aliphatic hydroxyl groups is 1. The molecule has 3 rings (SSSR count). The Kier molecular flexibility index (Phi) is 6.03. The first-order valence-electron chi connectivity index (χ1n) is 9.19. The molecule has 1 N–H and O–H groups in total. The highest BCUT2D eigenvalue weighted by molar-refractivity contribution is 5.84. The molecule has 0 spiro atoms. The lowest BCUT2D eigenvalue weighted by atomic mass is 9.94. The Bertz CT molecular complexity index is 799. The molecule has 1 aliphatic rings. The Morgan fingerprint density at radius 2 is 1.89 bits per heavy atom. The van der Waals surface area contributed by atoms with Crippen LogP contribution in [-0.2, 0) is 4.79 Å². The summed E-state index contributed by atoms with van der Waals surface area (Å²) in [5, 5.41) is 10.3. The number of nitrogens with zero attached hydrogens (tertiary/aromatic N) is 1. The summed E-state index contributed by atoms with van der Waals surface area (Å²) in [6.45, 7) is 0.396. The highest BCUT2D eigenvalue weighted by Gasteiger charge is 2.28. The molecule has 2 atom stereocenters. The third-order valence-electron chi connectivity index (χ3n) is 4.78. The van der Waals surface area contributed by atoms with Gasteiger partial charge in [0.2, 0.25) is 0 Å². The number of Topliss-reactive ketones (excluding diaryl/α,β-unsaturated/α-hetero) is 1. The molecule has 1 fully saturated rings. The van der Waals surface area contributed by atoms with Crippen LogP contribution in [0.15, 0.2) is 42.6 Å². The van der Waals surface area contributed by atoms with Crippen molar-refractivity contribution in [3.8, 4) is 5.75 Å². The van der Waals surface area contributed by atoms with Crippen LogP contribution in [-0.4, -0.2) is 28.7 Å². The average Bonchev–Trinajstić information content (AvgIpc) is 3.51. The predicted octanol–water partition coefficient (Wildman–Crippen LogP) is 4.70. The van der Waals surface area contributed by atoms with Crippen LogP contribution in [0.2, 0.25) is 0 Å². The number of pyridine rings is 1. The Hall–Kier alpha value is -2.41. The summed E-state index contributed by atoms with van der Waals surface area (Å²) in [6, 6.07) is 10.4. The van der Waals surface area contributed by atoms with E-state index in [4.69, 9.17) is 0 Å². The predicted molar refractivity (Wildman–Crippen MR) is 97.2 cm³/mol. The SMILES string of the molecule is CC(CC(=O)C(O)c1ccc(C2CC2)cc1)c1ccc(OCC(F)(F)F)cn1. The lowest BCUT2D eigenvalue weighted by Gasteiger charge is -2.15. The Morgan fingerprint density at radius 3 is 2.43 bits per heavy atom. The lowest BCUT2D eigenvalue weighted by molar-refractivity contribution is -0.153. The van der Waals surface area contributed by atoms with E-state index in [0.717, 1.165) is 0 Å². The van der Waals surface area contributed by atoms with Crippen molar-refractivity contribution in [3.05, 3.63) is 59.4 Å². The zero-order valence-electron chi connectivity index (χ0n) is 15.4. The smallest absolute Gasteiger partial charge is 0.422 e. The number of halogens is 3. The van der Waals surface area contributed by atoms with Crippen LogP contribution in [0, 0.1) is 0 Å². The van der Waals surface area contributed by atoms with Crippen molar-refractivity contribution in [1.82, 2.24) is 4.98 Å². The van der Waals surface area contributed by atoms with Crippen LogP contribution < -0.4 is 4.74 Å². The van der Waals surface area contributed by atoms with Gasteiger partial charge in [0.05, 0.1) is 6.20 Å². The third-order valence-corrected chi connectivity index (χ3v) is 4.78.